The largest absolute Gasteiger partial charge is 0.467 e. The summed E-state index contributed by atoms with van der Waals surface area (Å²) in [6.45, 7) is 1.62. The molecule has 0 spiro atoms. The van der Waals surface area contributed by atoms with Gasteiger partial charge in [-0.25, -0.2) is 4.79 Å². The maximum absolute atomic E-state index is 13.5. The number of esters is 1. The minimum Gasteiger partial charge on any atom is -0.467 e. The molecule has 0 fully saturated rings. The predicted molar refractivity (Wildman–Crippen MR) is 71.0 cm³/mol. The third kappa shape index (κ3) is 4.51. The van der Waals surface area contributed by atoms with Crippen LogP contribution in [-0.4, -0.2) is 30.0 Å². The number of ether oxygens (including phenoxy) is 1. The highest BCUT2D eigenvalue weighted by Gasteiger charge is 2.23. The van der Waals surface area contributed by atoms with Gasteiger partial charge in [0.1, 0.15) is 6.04 Å². The summed E-state index contributed by atoms with van der Waals surface area (Å²) in [5.74, 6) is -2.02. The van der Waals surface area contributed by atoms with Crippen LogP contribution in [0.2, 0.25) is 0 Å². The van der Waals surface area contributed by atoms with E-state index in [9.17, 15) is 24.1 Å². The molecule has 0 saturated carbocycles. The van der Waals surface area contributed by atoms with Crippen molar-refractivity contribution < 1.29 is 23.6 Å². The lowest BCUT2D eigenvalue weighted by Crippen LogP contribution is -2.42. The summed E-state index contributed by atoms with van der Waals surface area (Å²) in [7, 11) is 1.17. The van der Waals surface area contributed by atoms with Crippen LogP contribution >= 0.6 is 0 Å². The molecule has 1 aromatic rings. The second kappa shape index (κ2) is 7.32. The standard InChI is InChI=1S/C13H15FN2O5/c1-3-12(17)15-10(13(18)21-2)7-8-4-5-11(16(19)20)9(14)6-8/h4-6,10H,3,7H2,1-2H3,(H,15,17). The monoisotopic (exact) mass is 298 g/mol. The summed E-state index contributed by atoms with van der Waals surface area (Å²) in [5, 5.41) is 13.0. The first-order valence-electron chi connectivity index (χ1n) is 6.19. The zero-order valence-electron chi connectivity index (χ0n) is 11.6. The zero-order chi connectivity index (χ0) is 16.0. The van der Waals surface area contributed by atoms with Crippen LogP contribution in [-0.2, 0) is 20.7 Å². The Balaban J connectivity index is 2.93. The van der Waals surface area contributed by atoms with Crippen LogP contribution in [0.4, 0.5) is 10.1 Å². The molecule has 0 aliphatic heterocycles. The van der Waals surface area contributed by atoms with Crippen molar-refractivity contribution in [2.45, 2.75) is 25.8 Å². The number of nitro benzene ring substituents is 1. The number of nitrogens with zero attached hydrogens (tertiary/aromatic N) is 1. The van der Waals surface area contributed by atoms with Gasteiger partial charge in [0.05, 0.1) is 12.0 Å². The highest BCUT2D eigenvalue weighted by Crippen LogP contribution is 2.19. The molecule has 1 aromatic carbocycles. The number of benzene rings is 1. The van der Waals surface area contributed by atoms with E-state index >= 15 is 0 Å². The Kier molecular flexibility index (Phi) is 5.77. The molecule has 114 valence electrons. The lowest BCUT2D eigenvalue weighted by Gasteiger charge is -2.16. The van der Waals surface area contributed by atoms with E-state index in [0.717, 1.165) is 12.1 Å². The number of hydrogen-bond acceptors (Lipinski definition) is 5. The molecule has 21 heavy (non-hydrogen) atoms. The normalized spacial score (nSPS) is 11.6. The van der Waals surface area contributed by atoms with E-state index in [4.69, 9.17) is 0 Å². The SMILES string of the molecule is CCC(=O)NC(Cc1ccc([N+](=O)[O-])c(F)c1)C(=O)OC. The van der Waals surface area contributed by atoms with Crippen molar-refractivity contribution in [3.05, 3.63) is 39.7 Å². The number of carbonyl (C=O) groups excluding carboxylic acids is 2. The summed E-state index contributed by atoms with van der Waals surface area (Å²) in [4.78, 5) is 32.6. The lowest BCUT2D eigenvalue weighted by atomic mass is 10.0. The van der Waals surface area contributed by atoms with Crippen molar-refractivity contribution in [2.24, 2.45) is 0 Å². The fourth-order valence-corrected chi connectivity index (χ4v) is 1.69. The summed E-state index contributed by atoms with van der Waals surface area (Å²) in [6.07, 6.45) is 0.162. The van der Waals surface area contributed by atoms with Gasteiger partial charge in [-0.05, 0) is 11.6 Å². The fourth-order valence-electron chi connectivity index (χ4n) is 1.69. The van der Waals surface area contributed by atoms with Crippen LogP contribution in [0.1, 0.15) is 18.9 Å². The van der Waals surface area contributed by atoms with E-state index in [1.54, 1.807) is 6.92 Å². The van der Waals surface area contributed by atoms with Gasteiger partial charge in [0, 0.05) is 18.9 Å². The first-order valence-corrected chi connectivity index (χ1v) is 6.19. The number of halogens is 1. The van der Waals surface area contributed by atoms with Gasteiger partial charge < -0.3 is 10.1 Å². The molecule has 1 atom stereocenters. The van der Waals surface area contributed by atoms with Gasteiger partial charge in [0.2, 0.25) is 11.7 Å². The van der Waals surface area contributed by atoms with Crippen LogP contribution in [0.3, 0.4) is 0 Å². The number of carbonyl (C=O) groups is 2. The van der Waals surface area contributed by atoms with Gasteiger partial charge in [-0.2, -0.15) is 4.39 Å². The minimum absolute atomic E-state index is 0.0205. The van der Waals surface area contributed by atoms with Gasteiger partial charge in [0.15, 0.2) is 0 Å². The molecule has 0 aromatic heterocycles. The Morgan fingerprint density at radius 3 is 2.62 bits per heavy atom. The van der Waals surface area contributed by atoms with E-state index in [1.807, 2.05) is 0 Å². The molecule has 0 aliphatic carbocycles. The third-order valence-electron chi connectivity index (χ3n) is 2.79. The first kappa shape index (κ1) is 16.5. The fraction of sp³-hybridized carbons (Fsp3) is 0.385. The molecule has 7 nitrogen and oxygen atoms in total. The molecule has 1 rings (SSSR count). The molecule has 0 bridgehead atoms. The van der Waals surface area contributed by atoms with E-state index in [2.05, 4.69) is 10.1 Å². The zero-order valence-corrected chi connectivity index (χ0v) is 11.6. The highest BCUT2D eigenvalue weighted by molar-refractivity contribution is 5.84. The molecule has 8 heteroatoms. The molecular weight excluding hydrogens is 283 g/mol. The number of hydrogen-bond donors (Lipinski definition) is 1. The molecule has 0 radical (unpaired) electrons. The molecular formula is C13H15FN2O5. The molecule has 1 N–H and O–H groups in total. The van der Waals surface area contributed by atoms with Gasteiger partial charge >= 0.3 is 11.7 Å². The van der Waals surface area contributed by atoms with Gasteiger partial charge in [0.25, 0.3) is 0 Å². The van der Waals surface area contributed by atoms with Crippen molar-refractivity contribution in [3.8, 4) is 0 Å². The van der Waals surface area contributed by atoms with Gasteiger partial charge in [-0.3, -0.25) is 14.9 Å². The summed E-state index contributed by atoms with van der Waals surface area (Å²) in [6, 6.07) is 2.34. The Morgan fingerprint density at radius 1 is 1.48 bits per heavy atom. The van der Waals surface area contributed by atoms with Crippen LogP contribution < -0.4 is 5.32 Å². The number of rotatable bonds is 6. The number of nitrogens with one attached hydrogen (secondary N) is 1. The second-order valence-corrected chi connectivity index (χ2v) is 4.24. The van der Waals surface area contributed by atoms with Crippen LogP contribution in [0, 0.1) is 15.9 Å². The van der Waals surface area contributed by atoms with Gasteiger partial charge in [-0.15, -0.1) is 0 Å². The predicted octanol–water partition coefficient (Wildman–Crippen LogP) is 1.34. The Hall–Kier alpha value is -2.51. The lowest BCUT2D eigenvalue weighted by molar-refractivity contribution is -0.387. The highest BCUT2D eigenvalue weighted by atomic mass is 19.1. The van der Waals surface area contributed by atoms with Crippen LogP contribution in [0.15, 0.2) is 18.2 Å². The average molecular weight is 298 g/mol. The van der Waals surface area contributed by atoms with Crippen molar-refractivity contribution in [1.82, 2.24) is 5.32 Å². The molecule has 0 saturated heterocycles. The maximum Gasteiger partial charge on any atom is 0.328 e. The Labute approximate surface area is 120 Å². The number of amides is 1. The number of methoxy groups -OCH3 is 1. The molecule has 1 unspecified atom stereocenters. The molecule has 0 heterocycles. The maximum atomic E-state index is 13.5. The quantitative estimate of drug-likeness (QED) is 0.485. The van der Waals surface area contributed by atoms with Crippen molar-refractivity contribution >= 4 is 17.6 Å². The summed E-state index contributed by atoms with van der Waals surface area (Å²) in [5.41, 5.74) is -0.309. The summed E-state index contributed by atoms with van der Waals surface area (Å²) >= 11 is 0. The van der Waals surface area contributed by atoms with Crippen LogP contribution in [0.25, 0.3) is 0 Å². The average Bonchev–Trinajstić information content (AvgIpc) is 2.45. The van der Waals surface area contributed by atoms with E-state index in [-0.39, 0.29) is 18.7 Å². The van der Waals surface area contributed by atoms with E-state index in [1.165, 1.54) is 13.2 Å². The topological polar surface area (TPSA) is 98.5 Å². The summed E-state index contributed by atoms with van der Waals surface area (Å²) < 4.78 is 18.1. The minimum atomic E-state index is -0.997. The molecule has 0 aliphatic rings. The Bertz CT molecular complexity index is 561. The van der Waals surface area contributed by atoms with Crippen molar-refractivity contribution in [1.29, 1.82) is 0 Å². The van der Waals surface area contributed by atoms with Crippen molar-refractivity contribution in [3.63, 3.8) is 0 Å². The molecule has 1 amide bonds. The second-order valence-electron chi connectivity index (χ2n) is 4.24. The number of nitro groups is 1. The van der Waals surface area contributed by atoms with Gasteiger partial charge in [-0.1, -0.05) is 13.0 Å². The van der Waals surface area contributed by atoms with E-state index in [0.29, 0.717) is 5.56 Å². The van der Waals surface area contributed by atoms with E-state index < -0.39 is 28.4 Å². The first-order chi connectivity index (χ1) is 9.88. The van der Waals surface area contributed by atoms with Crippen LogP contribution in [0.5, 0.6) is 0 Å². The third-order valence-corrected chi connectivity index (χ3v) is 2.79. The smallest absolute Gasteiger partial charge is 0.328 e. The van der Waals surface area contributed by atoms with Crippen molar-refractivity contribution in [2.75, 3.05) is 7.11 Å². The Morgan fingerprint density at radius 2 is 2.14 bits per heavy atom.